The number of esters is 1. The lowest BCUT2D eigenvalue weighted by molar-refractivity contribution is -0.129. The highest BCUT2D eigenvalue weighted by Gasteiger charge is 2.37. The number of rotatable bonds is 5. The van der Waals surface area contributed by atoms with Crippen LogP contribution in [-0.2, 0) is 9.53 Å². The average Bonchev–Trinajstić information content (AvgIpc) is 3.15. The Morgan fingerprint density at radius 2 is 1.48 bits per heavy atom. The van der Waals surface area contributed by atoms with E-state index >= 15 is 0 Å². The number of hydrogen-bond donors (Lipinski definition) is 0. The fourth-order valence-corrected chi connectivity index (χ4v) is 3.17. The van der Waals surface area contributed by atoms with Crippen LogP contribution in [0.1, 0.15) is 17.2 Å². The number of carbonyl (C=O) groups is 2. The number of cyclic esters (lactones) is 1. The molecule has 1 heterocycles. The van der Waals surface area contributed by atoms with Crippen molar-refractivity contribution in [3.8, 4) is 5.75 Å². The molecule has 5 heteroatoms. The second-order valence-corrected chi connectivity index (χ2v) is 6.42. The molecule has 0 bridgehead atoms. The van der Waals surface area contributed by atoms with Gasteiger partial charge in [0.1, 0.15) is 18.4 Å². The lowest BCUT2D eigenvalue weighted by Gasteiger charge is -2.24. The van der Waals surface area contributed by atoms with Gasteiger partial charge in [0.05, 0.1) is 11.7 Å². The molecule has 0 spiro atoms. The molecule has 0 saturated carbocycles. The molecule has 1 aliphatic rings. The van der Waals surface area contributed by atoms with E-state index in [2.05, 4.69) is 6.08 Å². The summed E-state index contributed by atoms with van der Waals surface area (Å²) in [6.07, 6.45) is 2.20. The number of amides is 1. The van der Waals surface area contributed by atoms with Crippen molar-refractivity contribution in [3.05, 3.63) is 108 Å². The molecule has 1 atom stereocenters. The van der Waals surface area contributed by atoms with Crippen LogP contribution in [0.3, 0.4) is 0 Å². The van der Waals surface area contributed by atoms with Crippen LogP contribution in [-0.4, -0.2) is 23.6 Å². The molecule has 1 saturated heterocycles. The maximum Gasteiger partial charge on any atom is 0.415 e. The summed E-state index contributed by atoms with van der Waals surface area (Å²) < 4.78 is 10.7. The Morgan fingerprint density at radius 1 is 0.897 bits per heavy atom. The highest BCUT2D eigenvalue weighted by Crippen LogP contribution is 2.35. The van der Waals surface area contributed by atoms with Gasteiger partial charge in [0.15, 0.2) is 0 Å². The van der Waals surface area contributed by atoms with Crippen LogP contribution in [0.5, 0.6) is 5.75 Å². The van der Waals surface area contributed by atoms with Crippen LogP contribution in [0.15, 0.2) is 91.0 Å². The normalized spacial score (nSPS) is 16.4. The van der Waals surface area contributed by atoms with E-state index in [9.17, 15) is 9.59 Å². The van der Waals surface area contributed by atoms with Gasteiger partial charge >= 0.3 is 12.1 Å². The average molecular weight is 384 g/mol. The summed E-state index contributed by atoms with van der Waals surface area (Å²) in [5.74, 6) is -0.289. The van der Waals surface area contributed by atoms with E-state index < -0.39 is 12.1 Å². The standard InChI is InChI=1S/C24H18NO4/c26-23(29-20-14-8-3-9-15-20)16-21(18-10-4-1-5-11-18)25-22(17-28-24(25)27)19-12-6-2-7-13-19/h1-15,22H,17H2/t22-/m1/s1. The molecule has 29 heavy (non-hydrogen) atoms. The van der Waals surface area contributed by atoms with Crippen LogP contribution < -0.4 is 4.74 Å². The highest BCUT2D eigenvalue weighted by molar-refractivity contribution is 5.92. The van der Waals surface area contributed by atoms with Gasteiger partial charge in [0.25, 0.3) is 0 Å². The van der Waals surface area contributed by atoms with Crippen molar-refractivity contribution in [2.24, 2.45) is 0 Å². The smallest absolute Gasteiger partial charge is 0.415 e. The summed E-state index contributed by atoms with van der Waals surface area (Å²) in [5.41, 5.74) is 1.88. The highest BCUT2D eigenvalue weighted by atomic mass is 16.6. The molecule has 0 unspecified atom stereocenters. The number of ether oxygens (including phenoxy) is 2. The first-order chi connectivity index (χ1) is 14.2. The largest absolute Gasteiger partial charge is 0.447 e. The molecular formula is C24H18NO4. The zero-order valence-corrected chi connectivity index (χ0v) is 15.5. The topological polar surface area (TPSA) is 55.8 Å². The second-order valence-electron chi connectivity index (χ2n) is 6.42. The molecule has 0 aromatic heterocycles. The van der Waals surface area contributed by atoms with E-state index in [1.807, 2.05) is 66.7 Å². The molecule has 0 aliphatic carbocycles. The van der Waals surface area contributed by atoms with E-state index in [0.717, 1.165) is 5.56 Å². The third-order valence-corrected chi connectivity index (χ3v) is 4.52. The van der Waals surface area contributed by atoms with Gasteiger partial charge in [0, 0.05) is 0 Å². The first kappa shape index (κ1) is 18.5. The zero-order chi connectivity index (χ0) is 20.1. The lowest BCUT2D eigenvalue weighted by Crippen LogP contribution is -2.27. The fraction of sp³-hybridized carbons (Fsp3) is 0.0833. The minimum Gasteiger partial charge on any atom is -0.447 e. The number of benzene rings is 3. The Bertz CT molecular complexity index is 1020. The van der Waals surface area contributed by atoms with Gasteiger partial charge in [-0.05, 0) is 23.3 Å². The van der Waals surface area contributed by atoms with Gasteiger partial charge in [-0.15, -0.1) is 0 Å². The first-order valence-electron chi connectivity index (χ1n) is 9.19. The predicted octanol–water partition coefficient (Wildman–Crippen LogP) is 4.63. The van der Waals surface area contributed by atoms with Gasteiger partial charge in [-0.25, -0.2) is 9.59 Å². The molecule has 0 N–H and O–H groups in total. The van der Waals surface area contributed by atoms with E-state index in [1.54, 1.807) is 24.3 Å². The Kier molecular flexibility index (Phi) is 5.38. The first-order valence-corrected chi connectivity index (χ1v) is 9.19. The van der Waals surface area contributed by atoms with Crippen molar-refractivity contribution in [3.63, 3.8) is 0 Å². The van der Waals surface area contributed by atoms with E-state index in [4.69, 9.17) is 9.47 Å². The quantitative estimate of drug-likeness (QED) is 0.366. The van der Waals surface area contributed by atoms with Gasteiger partial charge < -0.3 is 9.47 Å². The number of nitrogens with zero attached hydrogens (tertiary/aromatic N) is 1. The van der Waals surface area contributed by atoms with Gasteiger partial charge in [-0.1, -0.05) is 78.9 Å². The Labute approximate surface area is 168 Å². The van der Waals surface area contributed by atoms with Crippen LogP contribution in [0.4, 0.5) is 4.79 Å². The monoisotopic (exact) mass is 384 g/mol. The van der Waals surface area contributed by atoms with Crippen LogP contribution >= 0.6 is 0 Å². The van der Waals surface area contributed by atoms with Crippen molar-refractivity contribution < 1.29 is 19.1 Å². The van der Waals surface area contributed by atoms with E-state index in [0.29, 0.717) is 17.0 Å². The maximum absolute atomic E-state index is 12.6. The lowest BCUT2D eigenvalue weighted by atomic mass is 10.0. The minimum absolute atomic E-state index is 0.189. The molecule has 3 aromatic rings. The molecular weight excluding hydrogens is 366 g/mol. The number of para-hydroxylation sites is 1. The Balaban J connectivity index is 1.72. The van der Waals surface area contributed by atoms with Crippen LogP contribution in [0.2, 0.25) is 0 Å². The summed E-state index contributed by atoms with van der Waals surface area (Å²) in [5, 5.41) is 0. The van der Waals surface area contributed by atoms with Gasteiger partial charge in [0.2, 0.25) is 0 Å². The van der Waals surface area contributed by atoms with E-state index in [-0.39, 0.29) is 12.6 Å². The van der Waals surface area contributed by atoms with Gasteiger partial charge in [-0.2, -0.15) is 0 Å². The minimum atomic E-state index is -0.693. The van der Waals surface area contributed by atoms with Crippen molar-refractivity contribution >= 4 is 17.8 Å². The predicted molar refractivity (Wildman–Crippen MR) is 108 cm³/mol. The summed E-state index contributed by atoms with van der Waals surface area (Å²) in [6, 6.07) is 27.1. The molecule has 1 radical (unpaired) electrons. The van der Waals surface area contributed by atoms with Crippen molar-refractivity contribution in [2.75, 3.05) is 6.61 Å². The molecule has 3 aromatic carbocycles. The summed E-state index contributed by atoms with van der Waals surface area (Å²) in [7, 11) is 0. The van der Waals surface area contributed by atoms with Gasteiger partial charge in [-0.3, -0.25) is 4.90 Å². The molecule has 5 nitrogen and oxygen atoms in total. The molecule has 143 valence electrons. The van der Waals surface area contributed by atoms with Crippen molar-refractivity contribution in [1.82, 2.24) is 4.90 Å². The maximum atomic E-state index is 12.6. The number of hydrogen-bond acceptors (Lipinski definition) is 4. The molecule has 1 fully saturated rings. The van der Waals surface area contributed by atoms with Crippen LogP contribution in [0, 0.1) is 6.08 Å². The van der Waals surface area contributed by atoms with Crippen LogP contribution in [0.25, 0.3) is 5.70 Å². The third kappa shape index (κ3) is 4.19. The summed E-state index contributed by atoms with van der Waals surface area (Å²) in [6.45, 7) is 0.189. The Morgan fingerprint density at radius 3 is 2.14 bits per heavy atom. The summed E-state index contributed by atoms with van der Waals surface area (Å²) >= 11 is 0. The summed E-state index contributed by atoms with van der Waals surface area (Å²) in [4.78, 5) is 26.6. The molecule has 1 amide bonds. The van der Waals surface area contributed by atoms with E-state index in [1.165, 1.54) is 4.90 Å². The SMILES string of the molecule is O=C([C]=C(c1ccccc1)N1C(=O)OC[C@@H]1c1ccccc1)Oc1ccccc1. The zero-order valence-electron chi connectivity index (χ0n) is 15.5. The second kappa shape index (κ2) is 8.44. The molecule has 1 aliphatic heterocycles. The van der Waals surface area contributed by atoms with Crippen molar-refractivity contribution in [2.45, 2.75) is 6.04 Å². The number of carbonyl (C=O) groups excluding carboxylic acids is 2. The molecule has 4 rings (SSSR count). The third-order valence-electron chi connectivity index (χ3n) is 4.52. The van der Waals surface area contributed by atoms with Crippen molar-refractivity contribution in [1.29, 1.82) is 0 Å². The Hall–Kier alpha value is -3.86. The fourth-order valence-electron chi connectivity index (χ4n) is 3.17.